The van der Waals surface area contributed by atoms with E-state index < -0.39 is 0 Å². The summed E-state index contributed by atoms with van der Waals surface area (Å²) in [7, 11) is 5.31. The second kappa shape index (κ2) is 11.5. The molecular weight excluding hydrogens is 504 g/mol. The number of nitrogens with zero attached hydrogens (tertiary/aromatic N) is 2. The fraction of sp³-hybridized carbons (Fsp3) is 1.00. The Kier molecular flexibility index (Phi) is 9.70. The zero-order chi connectivity index (χ0) is 21.0. The lowest BCUT2D eigenvalue weighted by atomic mass is 9.82. The van der Waals surface area contributed by atoms with Crippen molar-refractivity contribution in [2.24, 2.45) is 11.8 Å². The van der Waals surface area contributed by atoms with Gasteiger partial charge in [0.1, 0.15) is 6.10 Å². The van der Waals surface area contributed by atoms with E-state index in [4.69, 9.17) is 14.2 Å². The van der Waals surface area contributed by atoms with Gasteiger partial charge in [-0.05, 0) is 37.5 Å². The predicted molar refractivity (Wildman–Crippen MR) is 122 cm³/mol. The van der Waals surface area contributed by atoms with Gasteiger partial charge in [0.05, 0.1) is 18.3 Å². The summed E-state index contributed by atoms with van der Waals surface area (Å²) in [5.74, 6) is 0.921. The Morgan fingerprint density at radius 2 is 1.34 bits per heavy atom. The van der Waals surface area contributed by atoms with Gasteiger partial charge in [0.25, 0.3) is 0 Å². The molecular formula is C21H38Br2N2O4. The van der Waals surface area contributed by atoms with Gasteiger partial charge in [-0.3, -0.25) is 0 Å². The summed E-state index contributed by atoms with van der Waals surface area (Å²) in [6.45, 7) is 6.45. The van der Waals surface area contributed by atoms with Gasteiger partial charge >= 0.3 is 0 Å². The molecule has 3 aliphatic rings. The lowest BCUT2D eigenvalue weighted by molar-refractivity contribution is -0.142. The van der Waals surface area contributed by atoms with Crippen LogP contribution in [0.5, 0.6) is 0 Å². The van der Waals surface area contributed by atoms with E-state index in [0.29, 0.717) is 16.7 Å². The highest BCUT2D eigenvalue weighted by atomic mass is 79.9. The zero-order valence-electron chi connectivity index (χ0n) is 18.0. The normalized spacial score (nSPS) is 42.8. The average molecular weight is 542 g/mol. The van der Waals surface area contributed by atoms with Crippen LogP contribution in [0.2, 0.25) is 0 Å². The predicted octanol–water partition coefficient (Wildman–Crippen LogP) is 2.36. The van der Waals surface area contributed by atoms with Crippen LogP contribution in [0, 0.1) is 11.8 Å². The summed E-state index contributed by atoms with van der Waals surface area (Å²) in [4.78, 5) is 5.83. The Balaban J connectivity index is 1.45. The number of alkyl halides is 2. The number of piperazine rings is 1. The van der Waals surface area contributed by atoms with E-state index in [1.165, 1.54) is 0 Å². The van der Waals surface area contributed by atoms with Crippen molar-refractivity contribution in [3.05, 3.63) is 0 Å². The van der Waals surface area contributed by atoms with Gasteiger partial charge < -0.3 is 29.1 Å². The molecule has 3 rings (SSSR count). The molecule has 0 amide bonds. The Morgan fingerprint density at radius 3 is 1.86 bits per heavy atom. The molecule has 1 saturated heterocycles. The summed E-state index contributed by atoms with van der Waals surface area (Å²) in [6, 6.07) is 0. The average Bonchev–Trinajstić information content (AvgIpc) is 2.72. The van der Waals surface area contributed by atoms with E-state index >= 15 is 0 Å². The van der Waals surface area contributed by atoms with Crippen LogP contribution in [0.3, 0.4) is 0 Å². The molecule has 1 heterocycles. The van der Waals surface area contributed by atoms with E-state index in [9.17, 15) is 5.11 Å². The van der Waals surface area contributed by atoms with Crippen LogP contribution in [0.15, 0.2) is 0 Å². The molecule has 6 nitrogen and oxygen atoms in total. The third kappa shape index (κ3) is 6.37. The second-order valence-corrected chi connectivity index (χ2v) is 11.5. The second-order valence-electron chi connectivity index (χ2n) is 9.02. The smallest absolute Gasteiger partial charge is 0.109 e. The number of aliphatic hydroxyl groups excluding tert-OH is 1. The molecule has 3 fully saturated rings. The van der Waals surface area contributed by atoms with Crippen molar-refractivity contribution in [3.8, 4) is 0 Å². The topological polar surface area (TPSA) is 54.4 Å². The number of hydrogen-bond donors (Lipinski definition) is 1. The van der Waals surface area contributed by atoms with Crippen LogP contribution in [-0.2, 0) is 14.2 Å². The van der Waals surface area contributed by atoms with Crippen molar-refractivity contribution >= 4 is 31.9 Å². The van der Waals surface area contributed by atoms with E-state index in [0.717, 1.165) is 65.0 Å². The molecule has 0 spiro atoms. The Hall–Kier alpha value is 0.720. The number of aliphatic hydroxyl groups is 1. The molecule has 2 saturated carbocycles. The SMILES string of the molecule is COC1CC(CN2CCN(CC3CC(Br)CC(Br)C3O)CC2)CC(OC)C1OC. The third-order valence-corrected chi connectivity index (χ3v) is 8.77. The first-order chi connectivity index (χ1) is 13.9. The first kappa shape index (κ1) is 24.4. The molecule has 0 radical (unpaired) electrons. The van der Waals surface area contributed by atoms with Gasteiger partial charge in [-0.15, -0.1) is 0 Å². The lowest BCUT2D eigenvalue weighted by Gasteiger charge is -2.43. The minimum atomic E-state index is -0.241. The molecule has 0 aromatic carbocycles. The van der Waals surface area contributed by atoms with Crippen LogP contribution >= 0.6 is 31.9 Å². The molecule has 0 aromatic rings. The highest BCUT2D eigenvalue weighted by Crippen LogP contribution is 2.34. The van der Waals surface area contributed by atoms with Gasteiger partial charge in [-0.1, -0.05) is 31.9 Å². The standard InChI is InChI=1S/C21H38Br2N2O4/c1-27-18-8-14(9-19(28-2)21(18)29-3)12-24-4-6-25(7-5-24)13-15-10-16(22)11-17(23)20(15)26/h14-21,26H,4-13H2,1-3H3. The molecule has 6 unspecified atom stereocenters. The number of methoxy groups -OCH3 is 3. The minimum absolute atomic E-state index is 0.0246. The maximum absolute atomic E-state index is 10.6. The van der Waals surface area contributed by atoms with Crippen LogP contribution in [0.4, 0.5) is 0 Å². The maximum Gasteiger partial charge on any atom is 0.109 e. The summed E-state index contributed by atoms with van der Waals surface area (Å²) in [5.41, 5.74) is 0. The Labute approximate surface area is 192 Å². The summed E-state index contributed by atoms with van der Waals surface area (Å²) in [6.07, 6.45) is 4.11. The van der Waals surface area contributed by atoms with Gasteiger partial charge in [-0.2, -0.15) is 0 Å². The van der Waals surface area contributed by atoms with Gasteiger partial charge in [0.2, 0.25) is 0 Å². The zero-order valence-corrected chi connectivity index (χ0v) is 21.2. The summed E-state index contributed by atoms with van der Waals surface area (Å²) < 4.78 is 17.1. The highest BCUT2D eigenvalue weighted by Gasteiger charge is 2.40. The first-order valence-corrected chi connectivity index (χ1v) is 12.8. The summed E-state index contributed by atoms with van der Waals surface area (Å²) in [5, 5.41) is 10.6. The number of rotatable bonds is 7. The number of ether oxygens (including phenoxy) is 3. The number of halogens is 2. The molecule has 0 bridgehead atoms. The summed E-state index contributed by atoms with van der Waals surface area (Å²) >= 11 is 7.42. The van der Waals surface area contributed by atoms with Crippen molar-refractivity contribution in [1.29, 1.82) is 0 Å². The van der Waals surface area contributed by atoms with Crippen LogP contribution in [0.25, 0.3) is 0 Å². The van der Waals surface area contributed by atoms with Crippen LogP contribution < -0.4 is 0 Å². The molecule has 170 valence electrons. The minimum Gasteiger partial charge on any atom is -0.392 e. The van der Waals surface area contributed by atoms with Crippen LogP contribution in [0.1, 0.15) is 25.7 Å². The molecule has 29 heavy (non-hydrogen) atoms. The van der Waals surface area contributed by atoms with E-state index in [2.05, 4.69) is 41.7 Å². The quantitative estimate of drug-likeness (QED) is 0.499. The highest BCUT2D eigenvalue weighted by molar-refractivity contribution is 9.10. The van der Waals surface area contributed by atoms with Crippen LogP contribution in [-0.4, -0.2) is 110 Å². The lowest BCUT2D eigenvalue weighted by Crippen LogP contribution is -2.53. The molecule has 2 aliphatic carbocycles. The fourth-order valence-electron chi connectivity index (χ4n) is 5.45. The molecule has 6 atom stereocenters. The van der Waals surface area contributed by atoms with Crippen molar-refractivity contribution in [2.45, 2.75) is 59.8 Å². The first-order valence-electron chi connectivity index (χ1n) is 10.9. The van der Waals surface area contributed by atoms with Gasteiger partial charge in [-0.25, -0.2) is 0 Å². The molecule has 1 aliphatic heterocycles. The van der Waals surface area contributed by atoms with E-state index in [-0.39, 0.29) is 29.2 Å². The Bertz CT molecular complexity index is 481. The molecule has 8 heteroatoms. The van der Waals surface area contributed by atoms with Gasteiger partial charge in [0.15, 0.2) is 0 Å². The Morgan fingerprint density at radius 1 is 0.793 bits per heavy atom. The third-order valence-electron chi connectivity index (χ3n) is 7.11. The van der Waals surface area contributed by atoms with E-state index in [1.807, 2.05) is 0 Å². The molecule has 1 N–H and O–H groups in total. The van der Waals surface area contributed by atoms with Crippen molar-refractivity contribution in [2.75, 3.05) is 60.6 Å². The largest absolute Gasteiger partial charge is 0.392 e. The van der Waals surface area contributed by atoms with Crippen molar-refractivity contribution in [1.82, 2.24) is 9.80 Å². The number of hydrogen-bond acceptors (Lipinski definition) is 6. The monoisotopic (exact) mass is 540 g/mol. The fourth-order valence-corrected chi connectivity index (χ4v) is 7.72. The molecule has 0 aromatic heterocycles. The van der Waals surface area contributed by atoms with Crippen molar-refractivity contribution in [3.63, 3.8) is 0 Å². The van der Waals surface area contributed by atoms with Crippen molar-refractivity contribution < 1.29 is 19.3 Å². The van der Waals surface area contributed by atoms with Gasteiger partial charge in [0, 0.05) is 70.3 Å². The van der Waals surface area contributed by atoms with E-state index in [1.54, 1.807) is 21.3 Å². The maximum atomic E-state index is 10.6.